The molecule has 0 aromatic heterocycles. The lowest BCUT2D eigenvalue weighted by molar-refractivity contribution is 0.178. The first-order valence-electron chi connectivity index (χ1n) is 6.57. The molecule has 0 radical (unpaired) electrons. The van der Waals surface area contributed by atoms with Crippen LogP contribution in [-0.2, 0) is 0 Å². The van der Waals surface area contributed by atoms with Crippen molar-refractivity contribution in [2.24, 2.45) is 0 Å². The van der Waals surface area contributed by atoms with Crippen LogP contribution in [0.15, 0.2) is 16.6 Å². The van der Waals surface area contributed by atoms with Crippen LogP contribution in [-0.4, -0.2) is 12.6 Å². The third-order valence-electron chi connectivity index (χ3n) is 3.23. The molecule has 1 N–H and O–H groups in total. The van der Waals surface area contributed by atoms with E-state index in [4.69, 9.17) is 16.3 Å². The molecule has 0 fully saturated rings. The van der Waals surface area contributed by atoms with Crippen LogP contribution in [0.3, 0.4) is 0 Å². The lowest BCUT2D eigenvalue weighted by Crippen LogP contribution is -2.31. The van der Waals surface area contributed by atoms with Gasteiger partial charge in [0.05, 0.1) is 11.1 Å². The molecule has 2 rings (SSSR count). The molecular formula is C14H19BrClNO. The van der Waals surface area contributed by atoms with Crippen LogP contribution < -0.4 is 10.1 Å². The number of ether oxygens (including phenoxy) is 1. The van der Waals surface area contributed by atoms with Gasteiger partial charge in [-0.05, 0) is 31.5 Å². The van der Waals surface area contributed by atoms with E-state index < -0.39 is 0 Å². The highest BCUT2D eigenvalue weighted by Gasteiger charge is 2.36. The summed E-state index contributed by atoms with van der Waals surface area (Å²) in [6.45, 7) is 5.35. The fourth-order valence-electron chi connectivity index (χ4n) is 2.41. The summed E-state index contributed by atoms with van der Waals surface area (Å²) in [5.74, 6) is 0.845. The van der Waals surface area contributed by atoms with E-state index in [2.05, 4.69) is 35.1 Å². The van der Waals surface area contributed by atoms with Crippen molar-refractivity contribution in [1.29, 1.82) is 0 Å². The molecule has 1 aliphatic rings. The highest BCUT2D eigenvalue weighted by atomic mass is 79.9. The van der Waals surface area contributed by atoms with Gasteiger partial charge in [0.15, 0.2) is 0 Å². The zero-order chi connectivity index (χ0) is 13.1. The van der Waals surface area contributed by atoms with E-state index >= 15 is 0 Å². The van der Waals surface area contributed by atoms with E-state index in [1.807, 2.05) is 12.1 Å². The quantitative estimate of drug-likeness (QED) is 0.843. The molecule has 2 nitrogen and oxygen atoms in total. The Morgan fingerprint density at radius 2 is 2.11 bits per heavy atom. The molecular weight excluding hydrogens is 314 g/mol. The lowest BCUT2D eigenvalue weighted by atomic mass is 10.0. The Hall–Kier alpha value is -0.250. The van der Waals surface area contributed by atoms with Crippen LogP contribution in [0.4, 0.5) is 0 Å². The molecule has 100 valence electrons. The summed E-state index contributed by atoms with van der Waals surface area (Å²) in [6, 6.07) is 4.13. The molecule has 1 aromatic rings. The molecule has 1 heterocycles. The minimum Gasteiger partial charge on any atom is -0.486 e. The predicted octanol–water partition coefficient (Wildman–Crippen LogP) is 4.70. The standard InChI is InChI=1S/C14H19BrClNO/c1-3-5-11-13(17-8-4-2)12-9(15)6-7-10(16)14(12)18-11/h6-7,11,13,17H,3-5,8H2,1-2H3. The van der Waals surface area contributed by atoms with Crippen molar-refractivity contribution in [3.8, 4) is 5.75 Å². The number of nitrogens with one attached hydrogen (secondary N) is 1. The SMILES string of the molecule is CCCNC1c2c(Br)ccc(Cl)c2OC1CCC. The Bertz CT molecular complexity index is 425. The number of halogens is 2. The smallest absolute Gasteiger partial charge is 0.144 e. The normalized spacial score (nSPS) is 21.8. The number of benzene rings is 1. The summed E-state index contributed by atoms with van der Waals surface area (Å²) >= 11 is 9.85. The van der Waals surface area contributed by atoms with Crippen molar-refractivity contribution in [2.75, 3.05) is 6.54 Å². The van der Waals surface area contributed by atoms with Crippen molar-refractivity contribution in [3.05, 3.63) is 27.2 Å². The van der Waals surface area contributed by atoms with E-state index in [1.165, 1.54) is 5.56 Å². The highest BCUT2D eigenvalue weighted by molar-refractivity contribution is 9.10. The van der Waals surface area contributed by atoms with Gasteiger partial charge in [-0.1, -0.05) is 47.8 Å². The molecule has 0 spiro atoms. The first-order chi connectivity index (χ1) is 8.69. The van der Waals surface area contributed by atoms with Crippen LogP contribution in [0.2, 0.25) is 5.02 Å². The maximum absolute atomic E-state index is 6.23. The topological polar surface area (TPSA) is 21.3 Å². The molecule has 2 atom stereocenters. The number of hydrogen-bond donors (Lipinski definition) is 1. The monoisotopic (exact) mass is 331 g/mol. The summed E-state index contributed by atoms with van der Waals surface area (Å²) in [6.07, 6.45) is 3.45. The van der Waals surface area contributed by atoms with Crippen molar-refractivity contribution < 1.29 is 4.74 Å². The zero-order valence-corrected chi connectivity index (χ0v) is 13.1. The largest absolute Gasteiger partial charge is 0.486 e. The third-order valence-corrected chi connectivity index (χ3v) is 4.22. The van der Waals surface area contributed by atoms with Crippen molar-refractivity contribution in [1.82, 2.24) is 5.32 Å². The van der Waals surface area contributed by atoms with Crippen LogP contribution >= 0.6 is 27.5 Å². The molecule has 0 amide bonds. The third kappa shape index (κ3) is 2.68. The number of rotatable bonds is 5. The average molecular weight is 333 g/mol. The van der Waals surface area contributed by atoms with Crippen molar-refractivity contribution >= 4 is 27.5 Å². The van der Waals surface area contributed by atoms with E-state index in [0.29, 0.717) is 5.02 Å². The molecule has 0 saturated heterocycles. The first kappa shape index (κ1) is 14.2. The summed E-state index contributed by atoms with van der Waals surface area (Å²) in [5.41, 5.74) is 1.18. The summed E-state index contributed by atoms with van der Waals surface area (Å²) in [4.78, 5) is 0. The summed E-state index contributed by atoms with van der Waals surface area (Å²) in [5, 5.41) is 4.28. The predicted molar refractivity (Wildman–Crippen MR) is 79.5 cm³/mol. The van der Waals surface area contributed by atoms with E-state index in [-0.39, 0.29) is 12.1 Å². The molecule has 0 aliphatic carbocycles. The average Bonchev–Trinajstić information content (AvgIpc) is 2.72. The molecule has 0 bridgehead atoms. The molecule has 2 unspecified atom stereocenters. The van der Waals surface area contributed by atoms with Gasteiger partial charge in [-0.3, -0.25) is 0 Å². The summed E-state index contributed by atoms with van der Waals surface area (Å²) in [7, 11) is 0. The number of hydrogen-bond acceptors (Lipinski definition) is 2. The van der Waals surface area contributed by atoms with E-state index in [1.54, 1.807) is 0 Å². The lowest BCUT2D eigenvalue weighted by Gasteiger charge is -2.20. The fraction of sp³-hybridized carbons (Fsp3) is 0.571. The van der Waals surface area contributed by atoms with Gasteiger partial charge in [0.1, 0.15) is 11.9 Å². The van der Waals surface area contributed by atoms with E-state index in [0.717, 1.165) is 36.0 Å². The summed E-state index contributed by atoms with van der Waals surface area (Å²) < 4.78 is 7.12. The van der Waals surface area contributed by atoms with Gasteiger partial charge >= 0.3 is 0 Å². The Morgan fingerprint density at radius 1 is 1.33 bits per heavy atom. The van der Waals surface area contributed by atoms with Gasteiger partial charge in [0.2, 0.25) is 0 Å². The van der Waals surface area contributed by atoms with Gasteiger partial charge in [-0.2, -0.15) is 0 Å². The van der Waals surface area contributed by atoms with Crippen LogP contribution in [0.25, 0.3) is 0 Å². The molecule has 1 aromatic carbocycles. The van der Waals surface area contributed by atoms with Crippen molar-refractivity contribution in [3.63, 3.8) is 0 Å². The second-order valence-electron chi connectivity index (χ2n) is 4.65. The second kappa shape index (κ2) is 6.27. The van der Waals surface area contributed by atoms with Gasteiger partial charge in [-0.15, -0.1) is 0 Å². The van der Waals surface area contributed by atoms with Crippen LogP contribution in [0.5, 0.6) is 5.75 Å². The minimum atomic E-state index is 0.188. The zero-order valence-electron chi connectivity index (χ0n) is 10.8. The van der Waals surface area contributed by atoms with Crippen LogP contribution in [0, 0.1) is 0 Å². The Balaban J connectivity index is 2.32. The first-order valence-corrected chi connectivity index (χ1v) is 7.74. The van der Waals surface area contributed by atoms with Gasteiger partial charge in [-0.25, -0.2) is 0 Å². The van der Waals surface area contributed by atoms with Crippen molar-refractivity contribution in [2.45, 2.75) is 45.3 Å². The van der Waals surface area contributed by atoms with Crippen LogP contribution in [0.1, 0.15) is 44.7 Å². The van der Waals surface area contributed by atoms with Gasteiger partial charge in [0, 0.05) is 10.0 Å². The Morgan fingerprint density at radius 3 is 2.78 bits per heavy atom. The maximum atomic E-state index is 6.23. The van der Waals surface area contributed by atoms with Gasteiger partial charge < -0.3 is 10.1 Å². The molecule has 1 aliphatic heterocycles. The molecule has 4 heteroatoms. The fourth-order valence-corrected chi connectivity index (χ4v) is 3.18. The minimum absolute atomic E-state index is 0.188. The molecule has 0 saturated carbocycles. The highest BCUT2D eigenvalue weighted by Crippen LogP contribution is 2.46. The number of fused-ring (bicyclic) bond motifs is 1. The molecule has 18 heavy (non-hydrogen) atoms. The second-order valence-corrected chi connectivity index (χ2v) is 5.91. The Kier molecular flexibility index (Phi) is 4.93. The maximum Gasteiger partial charge on any atom is 0.144 e. The Labute approximate surface area is 122 Å². The van der Waals surface area contributed by atoms with E-state index in [9.17, 15) is 0 Å². The van der Waals surface area contributed by atoms with Gasteiger partial charge in [0.25, 0.3) is 0 Å².